The molecule has 1 aliphatic rings. The standard InChI is InChI=1S/C13H13F5N2O/c14-8-9(15)11(17)13(12(18)10(8)16)20-7(21)4-6-2-1-3-19-5-6/h6,19H,1-5H2,(H,20,21). The smallest absolute Gasteiger partial charge is 0.224 e. The summed E-state index contributed by atoms with van der Waals surface area (Å²) in [5.41, 5.74) is -1.31. The number of hydrogen-bond acceptors (Lipinski definition) is 2. The molecule has 1 unspecified atom stereocenters. The lowest BCUT2D eigenvalue weighted by molar-refractivity contribution is -0.117. The predicted molar refractivity (Wildman–Crippen MR) is 65.1 cm³/mol. The van der Waals surface area contributed by atoms with Crippen molar-refractivity contribution in [3.05, 3.63) is 29.1 Å². The predicted octanol–water partition coefficient (Wildman–Crippen LogP) is 2.71. The van der Waals surface area contributed by atoms with Crippen molar-refractivity contribution in [2.24, 2.45) is 5.92 Å². The number of piperidine rings is 1. The molecule has 0 saturated carbocycles. The maximum Gasteiger partial charge on any atom is 0.224 e. The van der Waals surface area contributed by atoms with E-state index in [-0.39, 0.29) is 12.3 Å². The molecule has 1 amide bonds. The number of rotatable bonds is 3. The number of anilines is 1. The van der Waals surface area contributed by atoms with E-state index in [1.54, 1.807) is 5.32 Å². The lowest BCUT2D eigenvalue weighted by atomic mass is 9.96. The zero-order chi connectivity index (χ0) is 15.6. The van der Waals surface area contributed by atoms with Gasteiger partial charge in [0.05, 0.1) is 0 Å². The van der Waals surface area contributed by atoms with Gasteiger partial charge in [-0.25, -0.2) is 22.0 Å². The molecule has 2 N–H and O–H groups in total. The number of carbonyl (C=O) groups is 1. The molecule has 1 saturated heterocycles. The minimum atomic E-state index is -2.25. The largest absolute Gasteiger partial charge is 0.321 e. The van der Waals surface area contributed by atoms with E-state index in [1.807, 2.05) is 0 Å². The van der Waals surface area contributed by atoms with Crippen LogP contribution in [0.25, 0.3) is 0 Å². The fraction of sp³-hybridized carbons (Fsp3) is 0.462. The molecular weight excluding hydrogens is 295 g/mol. The molecule has 0 radical (unpaired) electrons. The molecule has 1 aromatic rings. The average molecular weight is 308 g/mol. The van der Waals surface area contributed by atoms with Gasteiger partial charge in [0.1, 0.15) is 5.69 Å². The van der Waals surface area contributed by atoms with E-state index in [0.717, 1.165) is 19.4 Å². The Balaban J connectivity index is 2.13. The van der Waals surface area contributed by atoms with Gasteiger partial charge in [-0.2, -0.15) is 0 Å². The average Bonchev–Trinajstić information content (AvgIpc) is 2.48. The Bertz CT molecular complexity index is 529. The van der Waals surface area contributed by atoms with Crippen molar-refractivity contribution in [1.29, 1.82) is 0 Å². The molecule has 2 rings (SSSR count). The third-order valence-corrected chi connectivity index (χ3v) is 3.35. The first-order valence-electron chi connectivity index (χ1n) is 6.43. The van der Waals surface area contributed by atoms with Crippen molar-refractivity contribution in [2.45, 2.75) is 19.3 Å². The zero-order valence-corrected chi connectivity index (χ0v) is 10.9. The van der Waals surface area contributed by atoms with Crippen LogP contribution >= 0.6 is 0 Å². The van der Waals surface area contributed by atoms with Crippen molar-refractivity contribution in [2.75, 3.05) is 18.4 Å². The second-order valence-electron chi connectivity index (χ2n) is 4.91. The highest BCUT2D eigenvalue weighted by Gasteiger charge is 2.27. The highest BCUT2D eigenvalue weighted by atomic mass is 19.2. The van der Waals surface area contributed by atoms with Crippen molar-refractivity contribution in [3.8, 4) is 0 Å². The lowest BCUT2D eigenvalue weighted by Crippen LogP contribution is -2.32. The van der Waals surface area contributed by atoms with E-state index in [1.165, 1.54) is 0 Å². The van der Waals surface area contributed by atoms with Gasteiger partial charge in [0.25, 0.3) is 0 Å². The molecule has 0 bridgehead atoms. The Kier molecular flexibility index (Phi) is 4.76. The molecule has 21 heavy (non-hydrogen) atoms. The minimum absolute atomic E-state index is 0.0278. The normalized spacial score (nSPS) is 18.6. The summed E-state index contributed by atoms with van der Waals surface area (Å²) in [6.07, 6.45) is 1.57. The molecule has 1 fully saturated rings. The van der Waals surface area contributed by atoms with Crippen LogP contribution in [0.2, 0.25) is 0 Å². The van der Waals surface area contributed by atoms with E-state index in [4.69, 9.17) is 0 Å². The summed E-state index contributed by atoms with van der Waals surface area (Å²) in [4.78, 5) is 11.7. The van der Waals surface area contributed by atoms with E-state index < -0.39 is 40.7 Å². The maximum atomic E-state index is 13.4. The molecule has 0 spiro atoms. The van der Waals surface area contributed by atoms with Crippen LogP contribution in [0, 0.1) is 35.0 Å². The van der Waals surface area contributed by atoms with E-state index >= 15 is 0 Å². The maximum absolute atomic E-state index is 13.4. The number of halogens is 5. The van der Waals surface area contributed by atoms with Crippen LogP contribution in [-0.4, -0.2) is 19.0 Å². The van der Waals surface area contributed by atoms with Crippen molar-refractivity contribution in [1.82, 2.24) is 5.32 Å². The molecule has 1 heterocycles. The van der Waals surface area contributed by atoms with Gasteiger partial charge in [-0.3, -0.25) is 4.79 Å². The fourth-order valence-corrected chi connectivity index (χ4v) is 2.27. The second-order valence-corrected chi connectivity index (χ2v) is 4.91. The molecule has 8 heteroatoms. The molecule has 116 valence electrons. The summed E-state index contributed by atoms with van der Waals surface area (Å²) in [7, 11) is 0. The SMILES string of the molecule is O=C(CC1CCCNC1)Nc1c(F)c(F)c(F)c(F)c1F. The van der Waals surface area contributed by atoms with E-state index in [9.17, 15) is 26.7 Å². The summed E-state index contributed by atoms with van der Waals surface area (Å²) in [6, 6.07) is 0. The van der Waals surface area contributed by atoms with Crippen LogP contribution in [0.1, 0.15) is 19.3 Å². The van der Waals surface area contributed by atoms with Crippen LogP contribution in [0.15, 0.2) is 0 Å². The molecule has 0 aliphatic carbocycles. The number of nitrogens with one attached hydrogen (secondary N) is 2. The van der Waals surface area contributed by atoms with Gasteiger partial charge in [0.2, 0.25) is 11.7 Å². The van der Waals surface area contributed by atoms with Gasteiger partial charge < -0.3 is 10.6 Å². The number of amides is 1. The summed E-state index contributed by atoms with van der Waals surface area (Å²) in [5, 5.41) is 4.83. The quantitative estimate of drug-likeness (QED) is 0.512. The van der Waals surface area contributed by atoms with Crippen LogP contribution in [0.3, 0.4) is 0 Å². The number of benzene rings is 1. The molecule has 1 atom stereocenters. The molecule has 1 aliphatic heterocycles. The third-order valence-electron chi connectivity index (χ3n) is 3.35. The van der Waals surface area contributed by atoms with Crippen LogP contribution in [-0.2, 0) is 4.79 Å². The topological polar surface area (TPSA) is 41.1 Å². The van der Waals surface area contributed by atoms with E-state index in [0.29, 0.717) is 6.54 Å². The number of hydrogen-bond donors (Lipinski definition) is 2. The highest BCUT2D eigenvalue weighted by Crippen LogP contribution is 2.27. The third kappa shape index (κ3) is 3.31. The highest BCUT2D eigenvalue weighted by molar-refractivity contribution is 5.91. The minimum Gasteiger partial charge on any atom is -0.321 e. The lowest BCUT2D eigenvalue weighted by Gasteiger charge is -2.22. The summed E-state index contributed by atoms with van der Waals surface area (Å²) in [6.45, 7) is 1.40. The molecule has 0 aromatic heterocycles. The van der Waals surface area contributed by atoms with Gasteiger partial charge in [-0.1, -0.05) is 0 Å². The van der Waals surface area contributed by atoms with Crippen LogP contribution < -0.4 is 10.6 Å². The van der Waals surface area contributed by atoms with Gasteiger partial charge in [-0.15, -0.1) is 0 Å². The Hall–Kier alpha value is -1.70. The summed E-state index contributed by atoms with van der Waals surface area (Å²) in [5.74, 6) is -11.3. The molecular formula is C13H13F5N2O. The van der Waals surface area contributed by atoms with Crippen molar-refractivity contribution >= 4 is 11.6 Å². The van der Waals surface area contributed by atoms with Crippen LogP contribution in [0.5, 0.6) is 0 Å². The van der Waals surface area contributed by atoms with Gasteiger partial charge >= 0.3 is 0 Å². The Labute approximate surface area is 117 Å². The van der Waals surface area contributed by atoms with Gasteiger partial charge in [-0.05, 0) is 31.8 Å². The van der Waals surface area contributed by atoms with Crippen molar-refractivity contribution < 1.29 is 26.7 Å². The monoisotopic (exact) mass is 308 g/mol. The first-order chi connectivity index (χ1) is 9.91. The van der Waals surface area contributed by atoms with E-state index in [2.05, 4.69) is 5.32 Å². The first kappa shape index (κ1) is 15.7. The summed E-state index contributed by atoms with van der Waals surface area (Å²) < 4.78 is 65.6. The Morgan fingerprint density at radius 1 is 1.05 bits per heavy atom. The number of carbonyl (C=O) groups excluding carboxylic acids is 1. The van der Waals surface area contributed by atoms with Crippen molar-refractivity contribution in [3.63, 3.8) is 0 Å². The van der Waals surface area contributed by atoms with Gasteiger partial charge in [0, 0.05) is 6.42 Å². The first-order valence-corrected chi connectivity index (χ1v) is 6.43. The molecule has 1 aromatic carbocycles. The fourth-order valence-electron chi connectivity index (χ4n) is 2.27. The zero-order valence-electron chi connectivity index (χ0n) is 10.9. The Morgan fingerprint density at radius 2 is 1.62 bits per heavy atom. The summed E-state index contributed by atoms with van der Waals surface area (Å²) >= 11 is 0. The Morgan fingerprint density at radius 3 is 2.14 bits per heavy atom. The van der Waals surface area contributed by atoms with Crippen LogP contribution in [0.4, 0.5) is 27.6 Å². The van der Waals surface area contributed by atoms with Gasteiger partial charge in [0.15, 0.2) is 23.3 Å². The molecule has 3 nitrogen and oxygen atoms in total. The second kappa shape index (κ2) is 6.38.